The maximum Gasteiger partial charge on any atom is 0.258 e. The van der Waals surface area contributed by atoms with Crippen LogP contribution in [0.2, 0.25) is 0 Å². The van der Waals surface area contributed by atoms with Crippen LogP contribution in [0.25, 0.3) is 10.4 Å². The van der Waals surface area contributed by atoms with Gasteiger partial charge in [-0.25, -0.2) is 8.78 Å². The zero-order valence-corrected chi connectivity index (χ0v) is 8.85. The van der Waals surface area contributed by atoms with Crippen molar-refractivity contribution in [1.82, 2.24) is 0 Å². The van der Waals surface area contributed by atoms with Gasteiger partial charge in [-0.05, 0) is 24.3 Å². The lowest BCUT2D eigenvalue weighted by Gasteiger charge is -1.99. The fraction of sp³-hybridized carbons (Fsp3) is 0. The first-order valence-corrected chi connectivity index (χ1v) is 5.24. The molecule has 0 atom stereocenters. The second-order valence-electron chi connectivity index (χ2n) is 3.15. The SMILES string of the molecule is NC(=O)c1ccc(-c2ccc(F)cc2F)s1. The maximum absolute atomic E-state index is 13.4. The van der Waals surface area contributed by atoms with Crippen LogP contribution in [0.15, 0.2) is 30.3 Å². The Kier molecular flexibility index (Phi) is 2.70. The van der Waals surface area contributed by atoms with E-state index in [-0.39, 0.29) is 5.56 Å². The maximum atomic E-state index is 13.4. The van der Waals surface area contributed by atoms with E-state index in [2.05, 4.69) is 0 Å². The quantitative estimate of drug-likeness (QED) is 0.860. The van der Waals surface area contributed by atoms with Gasteiger partial charge in [0.25, 0.3) is 5.91 Å². The molecule has 5 heteroatoms. The highest BCUT2D eigenvalue weighted by molar-refractivity contribution is 7.17. The van der Waals surface area contributed by atoms with Gasteiger partial charge in [0.05, 0.1) is 4.88 Å². The molecule has 0 fully saturated rings. The van der Waals surface area contributed by atoms with Crippen molar-refractivity contribution in [2.24, 2.45) is 5.73 Å². The van der Waals surface area contributed by atoms with Crippen molar-refractivity contribution in [1.29, 1.82) is 0 Å². The monoisotopic (exact) mass is 239 g/mol. The molecule has 16 heavy (non-hydrogen) atoms. The topological polar surface area (TPSA) is 43.1 Å². The molecule has 0 aliphatic heterocycles. The van der Waals surface area contributed by atoms with E-state index in [1.54, 1.807) is 6.07 Å². The molecular weight excluding hydrogens is 232 g/mol. The summed E-state index contributed by atoms with van der Waals surface area (Å²) in [6, 6.07) is 6.41. The molecule has 1 aromatic heterocycles. The molecule has 2 N–H and O–H groups in total. The molecule has 0 saturated heterocycles. The third-order valence-corrected chi connectivity index (χ3v) is 3.18. The number of carbonyl (C=O) groups excluding carboxylic acids is 1. The fourth-order valence-corrected chi connectivity index (χ4v) is 2.19. The molecule has 2 rings (SSSR count). The van der Waals surface area contributed by atoms with Gasteiger partial charge in [-0.1, -0.05) is 0 Å². The normalized spacial score (nSPS) is 10.4. The van der Waals surface area contributed by atoms with Gasteiger partial charge in [0.15, 0.2) is 0 Å². The molecule has 0 aliphatic rings. The van der Waals surface area contributed by atoms with E-state index in [1.165, 1.54) is 18.2 Å². The van der Waals surface area contributed by atoms with Crippen molar-refractivity contribution in [3.63, 3.8) is 0 Å². The van der Waals surface area contributed by atoms with Crippen LogP contribution in [0, 0.1) is 11.6 Å². The number of rotatable bonds is 2. The minimum absolute atomic E-state index is 0.263. The second-order valence-corrected chi connectivity index (χ2v) is 4.24. The zero-order valence-electron chi connectivity index (χ0n) is 8.04. The van der Waals surface area contributed by atoms with Gasteiger partial charge >= 0.3 is 0 Å². The lowest BCUT2D eigenvalue weighted by molar-refractivity contribution is 0.100. The van der Waals surface area contributed by atoms with E-state index in [1.807, 2.05) is 0 Å². The Hall–Kier alpha value is -1.75. The van der Waals surface area contributed by atoms with Gasteiger partial charge in [0.1, 0.15) is 11.6 Å². The van der Waals surface area contributed by atoms with Crippen molar-refractivity contribution in [3.05, 3.63) is 46.8 Å². The number of benzene rings is 1. The summed E-state index contributed by atoms with van der Waals surface area (Å²) in [7, 11) is 0. The summed E-state index contributed by atoms with van der Waals surface area (Å²) in [5.74, 6) is -1.84. The third kappa shape index (κ3) is 1.94. The Morgan fingerprint density at radius 3 is 2.50 bits per heavy atom. The minimum Gasteiger partial charge on any atom is -0.365 e. The molecule has 82 valence electrons. The second kappa shape index (κ2) is 4.02. The number of hydrogen-bond donors (Lipinski definition) is 1. The highest BCUT2D eigenvalue weighted by atomic mass is 32.1. The van der Waals surface area contributed by atoms with Crippen LogP contribution in [-0.2, 0) is 0 Å². The van der Waals surface area contributed by atoms with E-state index in [0.717, 1.165) is 17.4 Å². The van der Waals surface area contributed by atoms with Crippen LogP contribution in [0.3, 0.4) is 0 Å². The van der Waals surface area contributed by atoms with E-state index >= 15 is 0 Å². The molecule has 0 bridgehead atoms. The fourth-order valence-electron chi connectivity index (χ4n) is 1.30. The number of carbonyl (C=O) groups is 1. The molecular formula is C11H7F2NOS. The van der Waals surface area contributed by atoms with Crippen molar-refractivity contribution in [2.45, 2.75) is 0 Å². The summed E-state index contributed by atoms with van der Waals surface area (Å²) in [5, 5.41) is 0. The van der Waals surface area contributed by atoms with Crippen molar-refractivity contribution >= 4 is 17.2 Å². The van der Waals surface area contributed by atoms with Crippen molar-refractivity contribution in [2.75, 3.05) is 0 Å². The molecule has 0 saturated carbocycles. The first-order valence-electron chi connectivity index (χ1n) is 4.43. The van der Waals surface area contributed by atoms with E-state index in [0.29, 0.717) is 9.75 Å². The first-order chi connectivity index (χ1) is 7.58. The molecule has 2 nitrogen and oxygen atoms in total. The Bertz CT molecular complexity index is 551. The molecule has 1 heterocycles. The van der Waals surface area contributed by atoms with Crippen LogP contribution in [0.5, 0.6) is 0 Å². The van der Waals surface area contributed by atoms with Crippen LogP contribution < -0.4 is 5.73 Å². The third-order valence-electron chi connectivity index (χ3n) is 2.05. The van der Waals surface area contributed by atoms with Gasteiger partial charge in [-0.3, -0.25) is 4.79 Å². The lowest BCUT2D eigenvalue weighted by Crippen LogP contribution is -2.07. The Labute approximate surface area is 94.3 Å². The standard InChI is InChI=1S/C11H7F2NOS/c12-6-1-2-7(8(13)5-6)9-3-4-10(16-9)11(14)15/h1-5H,(H2,14,15). The number of amides is 1. The first kappa shape index (κ1) is 10.8. The van der Waals surface area contributed by atoms with Crippen LogP contribution in [0.4, 0.5) is 8.78 Å². The largest absolute Gasteiger partial charge is 0.365 e. The summed E-state index contributed by atoms with van der Waals surface area (Å²) in [6.45, 7) is 0. The Morgan fingerprint density at radius 1 is 1.19 bits per heavy atom. The predicted octanol–water partition coefficient (Wildman–Crippen LogP) is 2.79. The molecule has 1 aromatic carbocycles. The number of primary amides is 1. The number of nitrogens with two attached hydrogens (primary N) is 1. The van der Waals surface area contributed by atoms with Crippen LogP contribution in [-0.4, -0.2) is 5.91 Å². The molecule has 0 aliphatic carbocycles. The summed E-state index contributed by atoms with van der Waals surface area (Å²) >= 11 is 1.08. The van der Waals surface area contributed by atoms with Gasteiger partial charge < -0.3 is 5.73 Å². The Balaban J connectivity index is 2.46. The zero-order chi connectivity index (χ0) is 11.7. The van der Waals surface area contributed by atoms with Gasteiger partial charge in [-0.2, -0.15) is 0 Å². The van der Waals surface area contributed by atoms with Crippen molar-refractivity contribution in [3.8, 4) is 10.4 Å². The lowest BCUT2D eigenvalue weighted by atomic mass is 10.2. The van der Waals surface area contributed by atoms with Gasteiger partial charge in [0.2, 0.25) is 0 Å². The molecule has 0 unspecified atom stereocenters. The highest BCUT2D eigenvalue weighted by Gasteiger charge is 2.10. The average molecular weight is 239 g/mol. The van der Waals surface area contributed by atoms with Crippen LogP contribution in [0.1, 0.15) is 9.67 Å². The number of hydrogen-bond acceptors (Lipinski definition) is 2. The van der Waals surface area contributed by atoms with E-state index in [4.69, 9.17) is 5.73 Å². The van der Waals surface area contributed by atoms with Crippen LogP contribution >= 0.6 is 11.3 Å². The van der Waals surface area contributed by atoms with Gasteiger partial charge in [0, 0.05) is 16.5 Å². The minimum atomic E-state index is -0.655. The van der Waals surface area contributed by atoms with E-state index < -0.39 is 17.5 Å². The summed E-state index contributed by atoms with van der Waals surface area (Å²) in [4.78, 5) is 11.8. The summed E-state index contributed by atoms with van der Waals surface area (Å²) < 4.78 is 26.1. The van der Waals surface area contributed by atoms with Crippen molar-refractivity contribution < 1.29 is 13.6 Å². The average Bonchev–Trinajstić information content (AvgIpc) is 2.66. The molecule has 2 aromatic rings. The molecule has 0 radical (unpaired) electrons. The van der Waals surface area contributed by atoms with E-state index in [9.17, 15) is 13.6 Å². The van der Waals surface area contributed by atoms with Gasteiger partial charge in [-0.15, -0.1) is 11.3 Å². The molecule has 1 amide bonds. The number of halogens is 2. The predicted molar refractivity (Wildman–Crippen MR) is 58.2 cm³/mol. The smallest absolute Gasteiger partial charge is 0.258 e. The summed E-state index contributed by atoms with van der Waals surface area (Å²) in [6.07, 6.45) is 0. The molecule has 0 spiro atoms. The highest BCUT2D eigenvalue weighted by Crippen LogP contribution is 2.30. The Morgan fingerprint density at radius 2 is 1.94 bits per heavy atom. The number of thiophene rings is 1. The summed E-state index contributed by atoms with van der Waals surface area (Å²) in [5.41, 5.74) is 5.35.